The Morgan fingerprint density at radius 2 is 1.63 bits per heavy atom. The number of amides is 3. The molecule has 1 aliphatic rings. The van der Waals surface area contributed by atoms with Crippen LogP contribution < -0.4 is 16.4 Å². The first-order valence-electron chi connectivity index (χ1n) is 10.5. The molecular weight excluding hydrogens is 408 g/mol. The van der Waals surface area contributed by atoms with Gasteiger partial charge in [-0.3, -0.25) is 14.4 Å². The number of likely N-dealkylation sites (tertiary alicyclic amines) is 1. The van der Waals surface area contributed by atoms with Gasteiger partial charge in [-0.05, 0) is 37.5 Å². The van der Waals surface area contributed by atoms with Gasteiger partial charge in [0.1, 0.15) is 18.1 Å². The quantitative estimate of drug-likeness (QED) is 0.292. The van der Waals surface area contributed by atoms with Gasteiger partial charge >= 0.3 is 5.97 Å². The number of aliphatic carboxylic acids is 1. The lowest BCUT2D eigenvalue weighted by atomic mass is 10.00. The Morgan fingerprint density at radius 1 is 1.07 bits per heavy atom. The lowest BCUT2D eigenvalue weighted by molar-refractivity contribution is -0.143. The van der Waals surface area contributed by atoms with Crippen LogP contribution in [0.15, 0.2) is 0 Å². The first-order chi connectivity index (χ1) is 14.0. The van der Waals surface area contributed by atoms with Gasteiger partial charge in [-0.1, -0.05) is 27.7 Å². The summed E-state index contributed by atoms with van der Waals surface area (Å²) in [7, 11) is 0. The van der Waals surface area contributed by atoms with Crippen molar-refractivity contribution in [2.75, 3.05) is 12.3 Å². The largest absolute Gasteiger partial charge is 0.480 e. The van der Waals surface area contributed by atoms with Crippen molar-refractivity contribution < 1.29 is 24.3 Å². The highest BCUT2D eigenvalue weighted by molar-refractivity contribution is 7.80. The Balaban J connectivity index is 2.90. The number of hydrogen-bond donors (Lipinski definition) is 5. The third-order valence-electron chi connectivity index (χ3n) is 5.01. The molecule has 1 rings (SSSR count). The summed E-state index contributed by atoms with van der Waals surface area (Å²) >= 11 is 4.05. The molecule has 0 aromatic heterocycles. The third kappa shape index (κ3) is 7.79. The minimum Gasteiger partial charge on any atom is -0.480 e. The molecule has 0 bridgehead atoms. The van der Waals surface area contributed by atoms with E-state index < -0.39 is 42.0 Å². The molecule has 30 heavy (non-hydrogen) atoms. The van der Waals surface area contributed by atoms with Crippen LogP contribution in [-0.4, -0.2) is 70.2 Å². The maximum atomic E-state index is 12.9. The number of thiol groups is 1. The molecule has 1 saturated heterocycles. The van der Waals surface area contributed by atoms with Gasteiger partial charge in [0.15, 0.2) is 0 Å². The maximum absolute atomic E-state index is 12.9. The lowest BCUT2D eigenvalue weighted by Gasteiger charge is -2.29. The predicted molar refractivity (Wildman–Crippen MR) is 117 cm³/mol. The Morgan fingerprint density at radius 3 is 2.13 bits per heavy atom. The van der Waals surface area contributed by atoms with E-state index in [-0.39, 0.29) is 29.9 Å². The molecule has 3 amide bonds. The second-order valence-corrected chi connectivity index (χ2v) is 9.06. The molecule has 0 saturated carbocycles. The smallest absolute Gasteiger partial charge is 0.326 e. The Hall–Kier alpha value is -1.81. The van der Waals surface area contributed by atoms with E-state index in [4.69, 9.17) is 5.73 Å². The maximum Gasteiger partial charge on any atom is 0.326 e. The molecule has 172 valence electrons. The monoisotopic (exact) mass is 444 g/mol. The minimum atomic E-state index is -1.11. The van der Waals surface area contributed by atoms with E-state index in [1.54, 1.807) is 0 Å². The number of carboxylic acid groups (broad SMARTS) is 1. The van der Waals surface area contributed by atoms with Gasteiger partial charge < -0.3 is 26.4 Å². The van der Waals surface area contributed by atoms with Crippen LogP contribution in [0.1, 0.15) is 53.4 Å². The normalized spacial score (nSPS) is 19.5. The fourth-order valence-corrected chi connectivity index (χ4v) is 3.69. The standard InChI is InChI=1S/C20H36N4O5S/c1-11(2)8-14(17(25)23-15(20(28)29)9-12(3)4)22-18(26)16-6-5-7-24(16)19(27)13(21)10-30/h11-16,30H,5-10,21H2,1-4H3,(H,22,26)(H,23,25)(H,28,29). The van der Waals surface area contributed by atoms with Crippen LogP contribution in [0.4, 0.5) is 0 Å². The number of carboxylic acids is 1. The zero-order chi connectivity index (χ0) is 23.0. The summed E-state index contributed by atoms with van der Waals surface area (Å²) in [5.74, 6) is -2.06. The number of hydrogen-bond acceptors (Lipinski definition) is 6. The Bertz CT molecular complexity index is 628. The lowest BCUT2D eigenvalue weighted by Crippen LogP contribution is -2.57. The van der Waals surface area contributed by atoms with Gasteiger partial charge in [-0.15, -0.1) is 0 Å². The summed E-state index contributed by atoms with van der Waals surface area (Å²) in [5, 5.41) is 14.7. The van der Waals surface area contributed by atoms with Crippen molar-refractivity contribution in [3.05, 3.63) is 0 Å². The van der Waals surface area contributed by atoms with E-state index in [2.05, 4.69) is 23.3 Å². The molecule has 9 nitrogen and oxygen atoms in total. The van der Waals surface area contributed by atoms with Crippen molar-refractivity contribution in [2.45, 2.75) is 77.5 Å². The van der Waals surface area contributed by atoms with Crippen molar-refractivity contribution in [1.82, 2.24) is 15.5 Å². The molecule has 4 unspecified atom stereocenters. The summed E-state index contributed by atoms with van der Waals surface area (Å²) in [5.41, 5.74) is 5.78. The van der Waals surface area contributed by atoms with Gasteiger partial charge in [0, 0.05) is 12.3 Å². The van der Waals surface area contributed by atoms with Crippen LogP contribution in [0.2, 0.25) is 0 Å². The zero-order valence-corrected chi connectivity index (χ0v) is 19.2. The van der Waals surface area contributed by atoms with E-state index >= 15 is 0 Å². The molecule has 0 radical (unpaired) electrons. The first kappa shape index (κ1) is 26.2. The first-order valence-corrected chi connectivity index (χ1v) is 11.1. The second-order valence-electron chi connectivity index (χ2n) is 8.70. The van der Waals surface area contributed by atoms with Crippen LogP contribution in [0.3, 0.4) is 0 Å². The molecule has 0 aliphatic carbocycles. The van der Waals surface area contributed by atoms with E-state index in [0.29, 0.717) is 25.8 Å². The van der Waals surface area contributed by atoms with Crippen molar-refractivity contribution >= 4 is 36.3 Å². The summed E-state index contributed by atoms with van der Waals surface area (Å²) in [6.45, 7) is 7.99. The number of nitrogens with one attached hydrogen (secondary N) is 2. The van der Waals surface area contributed by atoms with Crippen molar-refractivity contribution in [3.8, 4) is 0 Å². The molecule has 1 fully saturated rings. The van der Waals surface area contributed by atoms with Gasteiger partial charge in [0.25, 0.3) is 0 Å². The summed E-state index contributed by atoms with van der Waals surface area (Å²) in [4.78, 5) is 51.1. The van der Waals surface area contributed by atoms with E-state index in [1.807, 2.05) is 27.7 Å². The predicted octanol–water partition coefficient (Wildman–Crippen LogP) is 0.381. The van der Waals surface area contributed by atoms with E-state index in [9.17, 15) is 24.3 Å². The zero-order valence-electron chi connectivity index (χ0n) is 18.3. The molecule has 4 atom stereocenters. The third-order valence-corrected chi connectivity index (χ3v) is 5.41. The van der Waals surface area contributed by atoms with Gasteiger partial charge in [0.2, 0.25) is 17.7 Å². The van der Waals surface area contributed by atoms with E-state index in [1.165, 1.54) is 4.90 Å². The number of carbonyl (C=O) groups is 4. The van der Waals surface area contributed by atoms with Crippen LogP contribution >= 0.6 is 12.6 Å². The molecule has 0 aromatic rings. The Labute approximate surface area is 183 Å². The van der Waals surface area contributed by atoms with E-state index in [0.717, 1.165) is 0 Å². The molecule has 10 heteroatoms. The molecule has 0 aromatic carbocycles. The highest BCUT2D eigenvalue weighted by atomic mass is 32.1. The topological polar surface area (TPSA) is 142 Å². The summed E-state index contributed by atoms with van der Waals surface area (Å²) in [6.07, 6.45) is 1.79. The SMILES string of the molecule is CC(C)CC(NC(=O)C(CC(C)C)NC(=O)C1CCCN1C(=O)C(N)CS)C(=O)O. The minimum absolute atomic E-state index is 0.0821. The second kappa shape index (κ2) is 12.1. The average Bonchev–Trinajstić information content (AvgIpc) is 3.14. The Kier molecular flexibility index (Phi) is 10.6. The molecule has 0 spiro atoms. The number of carbonyl (C=O) groups excluding carboxylic acids is 3. The number of nitrogens with two attached hydrogens (primary N) is 1. The molecule has 1 aliphatic heterocycles. The van der Waals surface area contributed by atoms with Crippen LogP contribution in [0.5, 0.6) is 0 Å². The van der Waals surface area contributed by atoms with Gasteiger partial charge in [-0.25, -0.2) is 4.79 Å². The fraction of sp³-hybridized carbons (Fsp3) is 0.800. The van der Waals surface area contributed by atoms with Crippen LogP contribution in [0, 0.1) is 11.8 Å². The average molecular weight is 445 g/mol. The fourth-order valence-electron chi connectivity index (χ4n) is 3.53. The molecular formula is C20H36N4O5S. The number of nitrogens with zero attached hydrogens (tertiary/aromatic N) is 1. The van der Waals surface area contributed by atoms with Gasteiger partial charge in [-0.2, -0.15) is 12.6 Å². The summed E-state index contributed by atoms with van der Waals surface area (Å²) in [6, 6.07) is -3.40. The highest BCUT2D eigenvalue weighted by Crippen LogP contribution is 2.19. The van der Waals surface area contributed by atoms with Crippen LogP contribution in [0.25, 0.3) is 0 Å². The summed E-state index contributed by atoms with van der Waals surface area (Å²) < 4.78 is 0. The van der Waals surface area contributed by atoms with Crippen molar-refractivity contribution in [2.24, 2.45) is 17.6 Å². The molecule has 1 heterocycles. The van der Waals surface area contributed by atoms with Gasteiger partial charge in [0.05, 0.1) is 6.04 Å². The van der Waals surface area contributed by atoms with Crippen molar-refractivity contribution in [1.29, 1.82) is 0 Å². The highest BCUT2D eigenvalue weighted by Gasteiger charge is 2.37. The molecule has 5 N–H and O–H groups in total. The number of rotatable bonds is 11. The van der Waals surface area contributed by atoms with Crippen molar-refractivity contribution in [3.63, 3.8) is 0 Å². The van der Waals surface area contributed by atoms with Crippen LogP contribution in [-0.2, 0) is 19.2 Å².